The third-order valence-corrected chi connectivity index (χ3v) is 3.10. The molecule has 104 valence electrons. The molecule has 2 heterocycles. The van der Waals surface area contributed by atoms with E-state index in [4.69, 9.17) is 5.14 Å². The maximum absolute atomic E-state index is 10.9. The van der Waals surface area contributed by atoms with Crippen LogP contribution in [0.4, 0.5) is 11.8 Å². The minimum Gasteiger partial charge on any atom is -0.368 e. The van der Waals surface area contributed by atoms with Crippen molar-refractivity contribution >= 4 is 32.8 Å². The van der Waals surface area contributed by atoms with Crippen LogP contribution in [0.3, 0.4) is 0 Å². The van der Waals surface area contributed by atoms with Gasteiger partial charge in [-0.05, 0) is 6.92 Å². The summed E-state index contributed by atoms with van der Waals surface area (Å²) in [4.78, 5) is 8.47. The van der Waals surface area contributed by atoms with Crippen molar-refractivity contribution in [3.05, 3.63) is 6.20 Å². The smallest absolute Gasteiger partial charge is 0.226 e. The van der Waals surface area contributed by atoms with Crippen LogP contribution in [0.2, 0.25) is 0 Å². The summed E-state index contributed by atoms with van der Waals surface area (Å²) >= 11 is 0. The van der Waals surface area contributed by atoms with Gasteiger partial charge < -0.3 is 10.6 Å². The Morgan fingerprint density at radius 3 is 2.84 bits per heavy atom. The van der Waals surface area contributed by atoms with Gasteiger partial charge in [-0.2, -0.15) is 15.1 Å². The van der Waals surface area contributed by atoms with Crippen LogP contribution in [-0.2, 0) is 10.0 Å². The number of H-pyrrole nitrogens is 1. The largest absolute Gasteiger partial charge is 0.368 e. The molecule has 10 heteroatoms. The number of hydrogen-bond donors (Lipinski definition) is 4. The summed E-state index contributed by atoms with van der Waals surface area (Å²) in [5.74, 6) is 0.781. The van der Waals surface area contributed by atoms with Gasteiger partial charge in [0.05, 0.1) is 17.3 Å². The van der Waals surface area contributed by atoms with E-state index in [0.29, 0.717) is 29.3 Å². The number of anilines is 2. The highest BCUT2D eigenvalue weighted by atomic mass is 32.2. The molecular weight excluding hydrogens is 270 g/mol. The number of hydrogen-bond acceptors (Lipinski definition) is 7. The number of nitrogens with one attached hydrogen (secondary N) is 3. The maximum atomic E-state index is 10.9. The van der Waals surface area contributed by atoms with E-state index in [1.54, 1.807) is 6.20 Å². The molecule has 0 aliphatic carbocycles. The van der Waals surface area contributed by atoms with Gasteiger partial charge in [-0.15, -0.1) is 0 Å². The first kappa shape index (κ1) is 13.5. The highest BCUT2D eigenvalue weighted by Gasteiger charge is 2.10. The average Bonchev–Trinajstić information content (AvgIpc) is 2.76. The minimum absolute atomic E-state index is 0.168. The highest BCUT2D eigenvalue weighted by molar-refractivity contribution is 7.89. The first-order chi connectivity index (χ1) is 8.99. The van der Waals surface area contributed by atoms with E-state index in [2.05, 4.69) is 30.8 Å². The fourth-order valence-electron chi connectivity index (χ4n) is 1.52. The third-order valence-electron chi connectivity index (χ3n) is 2.32. The summed E-state index contributed by atoms with van der Waals surface area (Å²) in [6.07, 6.45) is 1.57. The van der Waals surface area contributed by atoms with Crippen molar-refractivity contribution in [1.29, 1.82) is 0 Å². The summed E-state index contributed by atoms with van der Waals surface area (Å²) in [6, 6.07) is 0. The molecule has 0 unspecified atom stereocenters. The Morgan fingerprint density at radius 1 is 1.37 bits per heavy atom. The first-order valence-corrected chi connectivity index (χ1v) is 7.40. The molecule has 0 aromatic carbocycles. The monoisotopic (exact) mass is 285 g/mol. The number of nitrogens with two attached hydrogens (primary N) is 1. The van der Waals surface area contributed by atoms with Crippen LogP contribution in [0.5, 0.6) is 0 Å². The quantitative estimate of drug-likeness (QED) is 0.560. The lowest BCUT2D eigenvalue weighted by molar-refractivity contribution is 0.598. The number of fused-ring (bicyclic) bond motifs is 1. The van der Waals surface area contributed by atoms with Crippen molar-refractivity contribution in [3.8, 4) is 0 Å². The fraction of sp³-hybridized carbons (Fsp3) is 0.444. The molecule has 5 N–H and O–H groups in total. The second kappa shape index (κ2) is 5.36. The summed E-state index contributed by atoms with van der Waals surface area (Å²) in [7, 11) is -3.50. The lowest BCUT2D eigenvalue weighted by Crippen LogP contribution is -2.22. The molecule has 0 bridgehead atoms. The first-order valence-electron chi connectivity index (χ1n) is 5.69. The molecule has 9 nitrogen and oxygen atoms in total. The molecule has 19 heavy (non-hydrogen) atoms. The van der Waals surface area contributed by atoms with Crippen molar-refractivity contribution < 1.29 is 8.42 Å². The summed E-state index contributed by atoms with van der Waals surface area (Å²) < 4.78 is 21.8. The van der Waals surface area contributed by atoms with Gasteiger partial charge in [0.25, 0.3) is 0 Å². The Kier molecular flexibility index (Phi) is 3.81. The molecule has 0 saturated heterocycles. The van der Waals surface area contributed by atoms with Gasteiger partial charge in [0.1, 0.15) is 5.82 Å². The number of aromatic nitrogens is 4. The standard InChI is InChI=1S/C9H15N7O2S/c1-2-11-9-14-7(12-3-4-19(10,17)18)6-5-13-16-8(6)15-9/h5H,2-4H2,1H3,(H2,10,17,18)(H3,11,12,13,14,15,16). The zero-order chi connectivity index (χ0) is 13.9. The van der Waals surface area contributed by atoms with Crippen LogP contribution < -0.4 is 15.8 Å². The van der Waals surface area contributed by atoms with E-state index in [1.807, 2.05) is 6.92 Å². The fourth-order valence-corrected chi connectivity index (χ4v) is 1.91. The van der Waals surface area contributed by atoms with Gasteiger partial charge in [-0.1, -0.05) is 0 Å². The van der Waals surface area contributed by atoms with Crippen LogP contribution in [0, 0.1) is 0 Å². The number of nitrogens with zero attached hydrogens (tertiary/aromatic N) is 3. The Balaban J connectivity index is 2.22. The SMILES string of the molecule is CCNc1nc(NCCS(N)(=O)=O)c2cn[nH]c2n1. The Morgan fingerprint density at radius 2 is 2.16 bits per heavy atom. The lowest BCUT2D eigenvalue weighted by atomic mass is 10.4. The van der Waals surface area contributed by atoms with Crippen molar-refractivity contribution in [1.82, 2.24) is 20.2 Å². The van der Waals surface area contributed by atoms with Gasteiger partial charge in [0.2, 0.25) is 16.0 Å². The molecule has 0 aliphatic rings. The molecule has 0 fully saturated rings. The van der Waals surface area contributed by atoms with Crippen LogP contribution in [0.15, 0.2) is 6.20 Å². The molecular formula is C9H15N7O2S. The maximum Gasteiger partial charge on any atom is 0.226 e. The minimum atomic E-state index is -3.50. The molecule has 0 radical (unpaired) electrons. The summed E-state index contributed by atoms with van der Waals surface area (Å²) in [5, 5.41) is 18.2. The second-order valence-electron chi connectivity index (χ2n) is 3.85. The van der Waals surface area contributed by atoms with E-state index in [-0.39, 0.29) is 12.3 Å². The van der Waals surface area contributed by atoms with Gasteiger partial charge in [0, 0.05) is 13.1 Å². The van der Waals surface area contributed by atoms with E-state index in [1.165, 1.54) is 0 Å². The second-order valence-corrected chi connectivity index (χ2v) is 5.59. The predicted molar refractivity (Wildman–Crippen MR) is 72.3 cm³/mol. The molecule has 0 saturated carbocycles. The van der Waals surface area contributed by atoms with Crippen LogP contribution in [-0.4, -0.2) is 47.4 Å². The number of aromatic amines is 1. The van der Waals surface area contributed by atoms with E-state index >= 15 is 0 Å². The molecule has 2 aromatic heterocycles. The average molecular weight is 285 g/mol. The normalized spacial score (nSPS) is 11.7. The molecule has 0 spiro atoms. The van der Waals surface area contributed by atoms with Crippen LogP contribution >= 0.6 is 0 Å². The van der Waals surface area contributed by atoms with E-state index in [9.17, 15) is 8.42 Å². The van der Waals surface area contributed by atoms with Gasteiger partial charge in [0.15, 0.2) is 5.65 Å². The molecule has 0 amide bonds. The molecule has 2 rings (SSSR count). The molecule has 0 aliphatic heterocycles. The zero-order valence-corrected chi connectivity index (χ0v) is 11.2. The molecule has 0 atom stereocenters. The molecule has 2 aromatic rings. The predicted octanol–water partition coefficient (Wildman–Crippen LogP) is -0.515. The Bertz CT molecular complexity index is 666. The van der Waals surface area contributed by atoms with Gasteiger partial charge in [-0.3, -0.25) is 5.10 Å². The van der Waals surface area contributed by atoms with Gasteiger partial charge >= 0.3 is 0 Å². The Labute approximate surface area is 110 Å². The number of sulfonamides is 1. The number of primary sulfonamides is 1. The van der Waals surface area contributed by atoms with Crippen LogP contribution in [0.1, 0.15) is 6.92 Å². The van der Waals surface area contributed by atoms with E-state index in [0.717, 1.165) is 0 Å². The van der Waals surface area contributed by atoms with Crippen molar-refractivity contribution in [2.45, 2.75) is 6.92 Å². The zero-order valence-electron chi connectivity index (χ0n) is 10.3. The van der Waals surface area contributed by atoms with Crippen molar-refractivity contribution in [2.24, 2.45) is 5.14 Å². The lowest BCUT2D eigenvalue weighted by Gasteiger charge is -2.08. The van der Waals surface area contributed by atoms with Crippen molar-refractivity contribution in [2.75, 3.05) is 29.5 Å². The third kappa shape index (κ3) is 3.51. The highest BCUT2D eigenvalue weighted by Crippen LogP contribution is 2.19. The van der Waals surface area contributed by atoms with Gasteiger partial charge in [-0.25, -0.2) is 13.6 Å². The van der Waals surface area contributed by atoms with E-state index < -0.39 is 10.0 Å². The topological polar surface area (TPSA) is 139 Å². The summed E-state index contributed by atoms with van der Waals surface area (Å²) in [5.41, 5.74) is 0.573. The Hall–Kier alpha value is -1.94. The summed E-state index contributed by atoms with van der Waals surface area (Å²) in [6.45, 7) is 2.77. The van der Waals surface area contributed by atoms with Crippen LogP contribution in [0.25, 0.3) is 11.0 Å². The van der Waals surface area contributed by atoms with Crippen molar-refractivity contribution in [3.63, 3.8) is 0 Å². The number of rotatable bonds is 6.